The number of methoxy groups -OCH3 is 1. The van der Waals surface area contributed by atoms with Crippen LogP contribution < -0.4 is 5.32 Å². The maximum Gasteiger partial charge on any atom is 0.0805 e. The molecule has 0 bridgehead atoms. The molecule has 1 N–H and O–H groups in total. The van der Waals surface area contributed by atoms with Crippen LogP contribution in [0.15, 0.2) is 0 Å². The Kier molecular flexibility index (Phi) is 4.35. The minimum Gasteiger partial charge on any atom is -0.377 e. The van der Waals surface area contributed by atoms with Crippen LogP contribution in [-0.4, -0.2) is 48.8 Å². The molecule has 1 aliphatic carbocycles. The first-order valence-corrected chi connectivity index (χ1v) is 7.63. The van der Waals surface area contributed by atoms with Gasteiger partial charge in [0.2, 0.25) is 0 Å². The molecule has 1 heterocycles. The smallest absolute Gasteiger partial charge is 0.0805 e. The van der Waals surface area contributed by atoms with E-state index in [1.807, 2.05) is 7.11 Å². The lowest BCUT2D eigenvalue weighted by Gasteiger charge is -2.51. The summed E-state index contributed by atoms with van der Waals surface area (Å²) < 4.78 is 5.80. The summed E-state index contributed by atoms with van der Waals surface area (Å²) in [4.78, 5) is 2.66. The van der Waals surface area contributed by atoms with E-state index < -0.39 is 0 Å². The van der Waals surface area contributed by atoms with E-state index in [1.165, 1.54) is 38.6 Å². The van der Waals surface area contributed by atoms with Gasteiger partial charge in [-0.3, -0.25) is 4.90 Å². The summed E-state index contributed by atoms with van der Waals surface area (Å²) in [5.41, 5.74) is 0.490. The van der Waals surface area contributed by atoms with Gasteiger partial charge in [-0.2, -0.15) is 0 Å². The third-order valence-corrected chi connectivity index (χ3v) is 5.44. The second-order valence-electron chi connectivity index (χ2n) is 6.36. The molecule has 1 saturated heterocycles. The average molecular weight is 254 g/mol. The topological polar surface area (TPSA) is 24.5 Å². The highest BCUT2D eigenvalue weighted by Crippen LogP contribution is 2.37. The van der Waals surface area contributed by atoms with Gasteiger partial charge in [0, 0.05) is 38.3 Å². The van der Waals surface area contributed by atoms with E-state index in [0.29, 0.717) is 11.6 Å². The lowest BCUT2D eigenvalue weighted by Crippen LogP contribution is -2.65. The van der Waals surface area contributed by atoms with E-state index in [4.69, 9.17) is 4.74 Å². The van der Waals surface area contributed by atoms with Gasteiger partial charge in [0.05, 0.1) is 5.60 Å². The van der Waals surface area contributed by atoms with Crippen LogP contribution in [-0.2, 0) is 4.74 Å². The van der Waals surface area contributed by atoms with Crippen LogP contribution in [0.4, 0.5) is 0 Å². The summed E-state index contributed by atoms with van der Waals surface area (Å²) in [6, 6.07) is 0.629. The Morgan fingerprint density at radius 3 is 2.39 bits per heavy atom. The van der Waals surface area contributed by atoms with Gasteiger partial charge in [-0.15, -0.1) is 0 Å². The second-order valence-corrected chi connectivity index (χ2v) is 6.36. The van der Waals surface area contributed by atoms with Crippen LogP contribution in [0.3, 0.4) is 0 Å². The first kappa shape index (κ1) is 14.3. The van der Waals surface area contributed by atoms with Crippen molar-refractivity contribution in [3.63, 3.8) is 0 Å². The Morgan fingerprint density at radius 1 is 1.28 bits per heavy atom. The van der Waals surface area contributed by atoms with E-state index in [-0.39, 0.29) is 5.60 Å². The van der Waals surface area contributed by atoms with Crippen molar-refractivity contribution in [2.45, 2.75) is 70.1 Å². The van der Waals surface area contributed by atoms with Crippen molar-refractivity contribution < 1.29 is 4.74 Å². The summed E-state index contributed by atoms with van der Waals surface area (Å²) in [5.74, 6) is 0. The molecule has 2 rings (SSSR count). The number of nitrogens with one attached hydrogen (secondary N) is 1. The standard InChI is InChI=1S/C15H30N2O/c1-5-14(6-2)11-17(13(3)10-16-14)12-15(18-4)8-7-9-15/h13,16H,5-12H2,1-4H3. The Hall–Kier alpha value is -0.120. The fraction of sp³-hybridized carbons (Fsp3) is 1.00. The van der Waals surface area contributed by atoms with Crippen molar-refractivity contribution in [3.8, 4) is 0 Å². The number of hydrogen-bond acceptors (Lipinski definition) is 3. The van der Waals surface area contributed by atoms with E-state index >= 15 is 0 Å². The number of piperazine rings is 1. The van der Waals surface area contributed by atoms with Crippen molar-refractivity contribution in [3.05, 3.63) is 0 Å². The highest BCUT2D eigenvalue weighted by atomic mass is 16.5. The maximum absolute atomic E-state index is 5.80. The molecule has 0 aromatic heterocycles. The lowest BCUT2D eigenvalue weighted by atomic mass is 9.78. The number of nitrogens with zero attached hydrogens (tertiary/aromatic N) is 1. The van der Waals surface area contributed by atoms with E-state index in [2.05, 4.69) is 31.0 Å². The predicted octanol–water partition coefficient (Wildman–Crippen LogP) is 2.41. The Morgan fingerprint density at radius 2 is 1.94 bits per heavy atom. The summed E-state index contributed by atoms with van der Waals surface area (Å²) in [6.07, 6.45) is 6.25. The first-order valence-electron chi connectivity index (χ1n) is 7.63. The molecule has 3 heteroatoms. The monoisotopic (exact) mass is 254 g/mol. The normalized spacial score (nSPS) is 31.0. The van der Waals surface area contributed by atoms with Crippen LogP contribution in [0, 0.1) is 0 Å². The summed E-state index contributed by atoms with van der Waals surface area (Å²) in [5, 5.41) is 3.77. The summed E-state index contributed by atoms with van der Waals surface area (Å²) in [7, 11) is 1.89. The molecule has 18 heavy (non-hydrogen) atoms. The molecule has 3 nitrogen and oxygen atoms in total. The van der Waals surface area contributed by atoms with Crippen LogP contribution in [0.1, 0.15) is 52.9 Å². The van der Waals surface area contributed by atoms with Crippen molar-refractivity contribution in [2.75, 3.05) is 26.7 Å². The fourth-order valence-corrected chi connectivity index (χ4v) is 3.40. The van der Waals surface area contributed by atoms with Crippen LogP contribution in [0.2, 0.25) is 0 Å². The van der Waals surface area contributed by atoms with Crippen LogP contribution in [0.5, 0.6) is 0 Å². The van der Waals surface area contributed by atoms with Gasteiger partial charge in [-0.25, -0.2) is 0 Å². The van der Waals surface area contributed by atoms with Crippen molar-refractivity contribution in [1.29, 1.82) is 0 Å². The van der Waals surface area contributed by atoms with Crippen LogP contribution in [0.25, 0.3) is 0 Å². The van der Waals surface area contributed by atoms with Gasteiger partial charge in [0.15, 0.2) is 0 Å². The molecule has 0 radical (unpaired) electrons. The van der Waals surface area contributed by atoms with Crippen molar-refractivity contribution in [1.82, 2.24) is 10.2 Å². The Bertz CT molecular complexity index is 264. The average Bonchev–Trinajstić information content (AvgIpc) is 2.36. The third-order valence-electron chi connectivity index (χ3n) is 5.44. The molecule has 0 amide bonds. The van der Waals surface area contributed by atoms with E-state index in [1.54, 1.807) is 0 Å². The van der Waals surface area contributed by atoms with Gasteiger partial charge >= 0.3 is 0 Å². The molecule has 0 aromatic rings. The molecular weight excluding hydrogens is 224 g/mol. The molecule has 1 saturated carbocycles. The SMILES string of the molecule is CCC1(CC)CN(CC2(OC)CCC2)C(C)CN1. The van der Waals surface area contributed by atoms with Gasteiger partial charge in [0.1, 0.15) is 0 Å². The second kappa shape index (κ2) is 5.48. The largest absolute Gasteiger partial charge is 0.377 e. The molecule has 2 aliphatic rings. The minimum absolute atomic E-state index is 0.165. The molecule has 0 aromatic carbocycles. The van der Waals surface area contributed by atoms with E-state index in [9.17, 15) is 0 Å². The van der Waals surface area contributed by atoms with Crippen LogP contribution >= 0.6 is 0 Å². The highest BCUT2D eigenvalue weighted by Gasteiger charge is 2.43. The molecule has 1 aliphatic heterocycles. The van der Waals surface area contributed by atoms with Gasteiger partial charge < -0.3 is 10.1 Å². The first-order chi connectivity index (χ1) is 8.59. The fourth-order valence-electron chi connectivity index (χ4n) is 3.40. The van der Waals surface area contributed by atoms with Gasteiger partial charge in [-0.05, 0) is 39.0 Å². The molecule has 106 valence electrons. The zero-order chi connectivity index (χ0) is 13.2. The number of rotatable bonds is 5. The number of ether oxygens (including phenoxy) is 1. The van der Waals surface area contributed by atoms with E-state index in [0.717, 1.165) is 13.1 Å². The molecule has 0 spiro atoms. The molecule has 2 fully saturated rings. The summed E-state index contributed by atoms with van der Waals surface area (Å²) >= 11 is 0. The number of hydrogen-bond donors (Lipinski definition) is 1. The van der Waals surface area contributed by atoms with Gasteiger partial charge in [-0.1, -0.05) is 13.8 Å². The minimum atomic E-state index is 0.165. The zero-order valence-electron chi connectivity index (χ0n) is 12.6. The maximum atomic E-state index is 5.80. The van der Waals surface area contributed by atoms with Crippen molar-refractivity contribution in [2.24, 2.45) is 0 Å². The molecule has 1 atom stereocenters. The third kappa shape index (κ3) is 2.59. The highest BCUT2D eigenvalue weighted by molar-refractivity contribution is 5.00. The summed E-state index contributed by atoms with van der Waals surface area (Å²) in [6.45, 7) is 10.4. The van der Waals surface area contributed by atoms with Gasteiger partial charge in [0.25, 0.3) is 0 Å². The Labute approximate surface area is 112 Å². The quantitative estimate of drug-likeness (QED) is 0.815. The zero-order valence-corrected chi connectivity index (χ0v) is 12.6. The lowest BCUT2D eigenvalue weighted by molar-refractivity contribution is -0.105. The van der Waals surface area contributed by atoms with Crippen molar-refractivity contribution >= 4 is 0 Å². The molecule has 1 unspecified atom stereocenters. The predicted molar refractivity (Wildman–Crippen MR) is 75.9 cm³/mol. The Balaban J connectivity index is 2.01. The molecular formula is C15H30N2O.